The van der Waals surface area contributed by atoms with Crippen LogP contribution in [0.1, 0.15) is 39.4 Å². The van der Waals surface area contributed by atoms with Gasteiger partial charge in [-0.15, -0.1) is 11.3 Å². The topological polar surface area (TPSA) is 54.4 Å². The predicted molar refractivity (Wildman–Crippen MR) is 57.5 cm³/mol. The number of aryl methyl sites for hydroxylation is 2. The lowest BCUT2D eigenvalue weighted by atomic mass is 9.97. The van der Waals surface area contributed by atoms with Gasteiger partial charge in [0.25, 0.3) is 0 Å². The highest BCUT2D eigenvalue weighted by Crippen LogP contribution is 2.30. The van der Waals surface area contributed by atoms with Crippen molar-refractivity contribution in [3.05, 3.63) is 21.4 Å². The van der Waals surface area contributed by atoms with Crippen LogP contribution in [0.5, 0.6) is 0 Å². The van der Waals surface area contributed by atoms with Gasteiger partial charge in [-0.2, -0.15) is 0 Å². The third kappa shape index (κ3) is 2.26. The molecule has 0 fully saturated rings. The summed E-state index contributed by atoms with van der Waals surface area (Å²) in [5.74, 6) is -0.568. The van der Waals surface area contributed by atoms with E-state index in [2.05, 4.69) is 0 Å². The van der Waals surface area contributed by atoms with Crippen LogP contribution in [0.2, 0.25) is 0 Å². The second kappa shape index (κ2) is 4.14. The zero-order valence-electron chi connectivity index (χ0n) is 8.28. The van der Waals surface area contributed by atoms with Crippen LogP contribution in [0, 0.1) is 0 Å². The largest absolute Gasteiger partial charge is 0.481 e. The Kier molecular flexibility index (Phi) is 2.86. The molecule has 0 spiro atoms. The van der Waals surface area contributed by atoms with E-state index in [9.17, 15) is 9.59 Å². The highest BCUT2D eigenvalue weighted by atomic mass is 32.1. The summed E-state index contributed by atoms with van der Waals surface area (Å²) >= 11 is 1.60. The maximum absolute atomic E-state index is 11.5. The minimum Gasteiger partial charge on any atom is -0.481 e. The molecule has 15 heavy (non-hydrogen) atoms. The van der Waals surface area contributed by atoms with Gasteiger partial charge in [0.2, 0.25) is 0 Å². The number of fused-ring (bicyclic) bond motifs is 1. The summed E-state index contributed by atoms with van der Waals surface area (Å²) in [6.07, 6.45) is 3.24. The van der Waals surface area contributed by atoms with Crippen molar-refractivity contribution in [3.8, 4) is 0 Å². The smallest absolute Gasteiger partial charge is 0.303 e. The van der Waals surface area contributed by atoms with Gasteiger partial charge in [-0.3, -0.25) is 9.59 Å². The van der Waals surface area contributed by atoms with E-state index in [1.165, 1.54) is 0 Å². The minimum absolute atomic E-state index is 0.146. The monoisotopic (exact) mass is 224 g/mol. The Morgan fingerprint density at radius 3 is 2.93 bits per heavy atom. The van der Waals surface area contributed by atoms with E-state index in [0.717, 1.165) is 28.2 Å². The maximum Gasteiger partial charge on any atom is 0.303 e. The van der Waals surface area contributed by atoms with Crippen LogP contribution in [-0.2, 0) is 17.6 Å². The molecular weight excluding hydrogens is 212 g/mol. The molecule has 0 unspecified atom stereocenters. The second-order valence-electron chi connectivity index (χ2n) is 3.72. The zero-order valence-corrected chi connectivity index (χ0v) is 9.10. The highest BCUT2D eigenvalue weighted by Gasteiger charge is 2.20. The minimum atomic E-state index is -0.785. The molecule has 1 aromatic rings. The second-order valence-corrected chi connectivity index (χ2v) is 4.94. The SMILES string of the molecule is O=C(O)CCc1cc2c(s1)CCCC2=O. The van der Waals surface area contributed by atoms with Gasteiger partial charge in [0.05, 0.1) is 6.42 Å². The van der Waals surface area contributed by atoms with Crippen LogP contribution < -0.4 is 0 Å². The van der Waals surface area contributed by atoms with Gasteiger partial charge in [0.15, 0.2) is 5.78 Å². The molecule has 0 saturated heterocycles. The summed E-state index contributed by atoms with van der Waals surface area (Å²) in [5, 5.41) is 8.57. The first-order valence-corrected chi connectivity index (χ1v) is 5.85. The van der Waals surface area contributed by atoms with Crippen molar-refractivity contribution < 1.29 is 14.7 Å². The van der Waals surface area contributed by atoms with Gasteiger partial charge >= 0.3 is 5.97 Å². The molecule has 0 aliphatic heterocycles. The van der Waals surface area contributed by atoms with Gasteiger partial charge in [-0.1, -0.05) is 0 Å². The van der Waals surface area contributed by atoms with Crippen LogP contribution in [0.15, 0.2) is 6.07 Å². The third-order valence-corrected chi connectivity index (χ3v) is 3.81. The number of rotatable bonds is 3. The zero-order chi connectivity index (χ0) is 10.8. The summed E-state index contributed by atoms with van der Waals surface area (Å²) in [6, 6.07) is 1.88. The number of carbonyl (C=O) groups excluding carboxylic acids is 1. The average Bonchev–Trinajstić information content (AvgIpc) is 2.59. The van der Waals surface area contributed by atoms with E-state index in [4.69, 9.17) is 5.11 Å². The Balaban J connectivity index is 2.14. The average molecular weight is 224 g/mol. The number of hydrogen-bond donors (Lipinski definition) is 1. The van der Waals surface area contributed by atoms with E-state index < -0.39 is 5.97 Å². The molecule has 0 amide bonds. The number of carboxylic acids is 1. The van der Waals surface area contributed by atoms with Crippen molar-refractivity contribution in [2.24, 2.45) is 0 Å². The third-order valence-electron chi connectivity index (χ3n) is 2.55. The Morgan fingerprint density at radius 2 is 2.27 bits per heavy atom. The molecule has 1 aromatic heterocycles. The van der Waals surface area contributed by atoms with Crippen molar-refractivity contribution >= 4 is 23.1 Å². The Morgan fingerprint density at radius 1 is 1.47 bits per heavy atom. The van der Waals surface area contributed by atoms with Crippen LogP contribution in [-0.4, -0.2) is 16.9 Å². The maximum atomic E-state index is 11.5. The van der Waals surface area contributed by atoms with Gasteiger partial charge in [-0.25, -0.2) is 0 Å². The van der Waals surface area contributed by atoms with E-state index in [-0.39, 0.29) is 12.2 Å². The van der Waals surface area contributed by atoms with E-state index in [1.807, 2.05) is 6.07 Å². The predicted octanol–water partition coefficient (Wildman–Crippen LogP) is 2.28. The summed E-state index contributed by atoms with van der Waals surface area (Å²) in [5.41, 5.74) is 0.839. The molecule has 0 atom stereocenters. The lowest BCUT2D eigenvalue weighted by molar-refractivity contribution is -0.136. The van der Waals surface area contributed by atoms with Crippen LogP contribution >= 0.6 is 11.3 Å². The molecule has 1 aliphatic carbocycles. The summed E-state index contributed by atoms with van der Waals surface area (Å²) in [4.78, 5) is 24.1. The first-order valence-electron chi connectivity index (χ1n) is 5.03. The van der Waals surface area contributed by atoms with E-state index in [1.54, 1.807) is 11.3 Å². The van der Waals surface area contributed by atoms with Crippen LogP contribution in [0.25, 0.3) is 0 Å². The van der Waals surface area contributed by atoms with Crippen molar-refractivity contribution in [1.82, 2.24) is 0 Å². The molecule has 3 nitrogen and oxygen atoms in total. The quantitative estimate of drug-likeness (QED) is 0.857. The van der Waals surface area contributed by atoms with Crippen molar-refractivity contribution in [1.29, 1.82) is 0 Å². The number of aliphatic carboxylic acids is 1. The number of Topliss-reactive ketones (excluding diaryl/α,β-unsaturated/α-hetero) is 1. The lowest BCUT2D eigenvalue weighted by Crippen LogP contribution is -2.06. The van der Waals surface area contributed by atoms with E-state index in [0.29, 0.717) is 12.8 Å². The first kappa shape index (κ1) is 10.4. The molecule has 4 heteroatoms. The summed E-state index contributed by atoms with van der Waals surface area (Å²) in [7, 11) is 0. The molecule has 2 rings (SSSR count). The fourth-order valence-corrected chi connectivity index (χ4v) is 3.03. The molecule has 0 bridgehead atoms. The number of carboxylic acid groups (broad SMARTS) is 1. The van der Waals surface area contributed by atoms with Gasteiger partial charge in [-0.05, 0) is 25.3 Å². The van der Waals surface area contributed by atoms with Crippen LogP contribution in [0.3, 0.4) is 0 Å². The van der Waals surface area contributed by atoms with Gasteiger partial charge < -0.3 is 5.11 Å². The molecule has 0 radical (unpaired) electrons. The van der Waals surface area contributed by atoms with Crippen molar-refractivity contribution in [3.63, 3.8) is 0 Å². The molecule has 1 aliphatic rings. The Hall–Kier alpha value is -1.16. The van der Waals surface area contributed by atoms with E-state index >= 15 is 0 Å². The fraction of sp³-hybridized carbons (Fsp3) is 0.455. The molecule has 1 heterocycles. The highest BCUT2D eigenvalue weighted by molar-refractivity contribution is 7.12. The number of carbonyl (C=O) groups is 2. The van der Waals surface area contributed by atoms with Crippen LogP contribution in [0.4, 0.5) is 0 Å². The van der Waals surface area contributed by atoms with Crippen molar-refractivity contribution in [2.45, 2.75) is 32.1 Å². The van der Waals surface area contributed by atoms with Gasteiger partial charge in [0.1, 0.15) is 0 Å². The molecule has 0 saturated carbocycles. The lowest BCUT2D eigenvalue weighted by Gasteiger charge is -2.07. The standard InChI is InChI=1S/C11H12O3S/c12-9-2-1-3-10-8(9)6-7(15-10)4-5-11(13)14/h6H,1-5H2,(H,13,14). The van der Waals surface area contributed by atoms with Gasteiger partial charge in [0, 0.05) is 21.7 Å². The Labute approximate surface area is 91.7 Å². The van der Waals surface area contributed by atoms with Crippen molar-refractivity contribution in [2.75, 3.05) is 0 Å². The molecule has 1 N–H and O–H groups in total. The normalized spacial score (nSPS) is 15.1. The summed E-state index contributed by atoms with van der Waals surface area (Å²) in [6.45, 7) is 0. The fourth-order valence-electron chi connectivity index (χ4n) is 1.80. The molecule has 80 valence electrons. The Bertz CT molecular complexity index is 406. The summed E-state index contributed by atoms with van der Waals surface area (Å²) < 4.78 is 0. The number of ketones is 1. The first-order chi connectivity index (χ1) is 7.16. The number of thiophene rings is 1. The molecule has 0 aromatic carbocycles. The molecular formula is C11H12O3S. The number of hydrogen-bond acceptors (Lipinski definition) is 3.